The summed E-state index contributed by atoms with van der Waals surface area (Å²) in [7, 11) is 0. The van der Waals surface area contributed by atoms with E-state index in [1.54, 1.807) is 4.68 Å². The third kappa shape index (κ3) is 4.53. The van der Waals surface area contributed by atoms with Gasteiger partial charge in [-0.15, -0.1) is 0 Å². The first kappa shape index (κ1) is 23.1. The van der Waals surface area contributed by atoms with E-state index in [-0.39, 0.29) is 24.4 Å². The Morgan fingerprint density at radius 2 is 1.66 bits per heavy atom. The number of fused-ring (bicyclic) bond motifs is 1. The summed E-state index contributed by atoms with van der Waals surface area (Å²) >= 11 is 6.11. The molecule has 8 nitrogen and oxygen atoms in total. The number of piperazine rings is 1. The summed E-state index contributed by atoms with van der Waals surface area (Å²) in [6, 6.07) is 17.5. The molecule has 3 heterocycles. The first-order valence-corrected chi connectivity index (χ1v) is 12.1. The van der Waals surface area contributed by atoms with E-state index in [9.17, 15) is 9.59 Å². The molecule has 0 aliphatic carbocycles. The van der Waals surface area contributed by atoms with Gasteiger partial charge in [-0.2, -0.15) is 10.2 Å². The van der Waals surface area contributed by atoms with Crippen molar-refractivity contribution in [2.24, 2.45) is 0 Å². The second kappa shape index (κ2) is 9.54. The van der Waals surface area contributed by atoms with Crippen molar-refractivity contribution in [1.82, 2.24) is 24.5 Å². The van der Waals surface area contributed by atoms with E-state index in [0.717, 1.165) is 41.2 Å². The maximum Gasteiger partial charge on any atom is 0.295 e. The number of halogens is 1. The first-order valence-electron chi connectivity index (χ1n) is 11.7. The fraction of sp³-hybridized carbons (Fsp3) is 0.308. The third-order valence-corrected chi connectivity index (χ3v) is 6.76. The van der Waals surface area contributed by atoms with Crippen molar-refractivity contribution in [2.75, 3.05) is 31.1 Å². The Kier molecular flexibility index (Phi) is 6.30. The Morgan fingerprint density at radius 1 is 0.943 bits per heavy atom. The van der Waals surface area contributed by atoms with Gasteiger partial charge in [-0.25, -0.2) is 9.36 Å². The molecule has 0 saturated carbocycles. The van der Waals surface area contributed by atoms with Gasteiger partial charge in [0.15, 0.2) is 5.52 Å². The lowest BCUT2D eigenvalue weighted by atomic mass is 10.2. The van der Waals surface area contributed by atoms with E-state index in [1.807, 2.05) is 73.3 Å². The molecule has 35 heavy (non-hydrogen) atoms. The zero-order valence-electron chi connectivity index (χ0n) is 19.8. The minimum absolute atomic E-state index is 0.0215. The largest absolute Gasteiger partial charge is 0.368 e. The smallest absolute Gasteiger partial charge is 0.295 e. The maximum absolute atomic E-state index is 13.2. The molecule has 1 aliphatic heterocycles. The van der Waals surface area contributed by atoms with Gasteiger partial charge in [0.2, 0.25) is 5.91 Å². The van der Waals surface area contributed by atoms with Gasteiger partial charge in [0, 0.05) is 43.3 Å². The number of aryl methyl sites for hydroxylation is 3. The summed E-state index contributed by atoms with van der Waals surface area (Å²) in [5.41, 5.74) is 3.65. The standard InChI is InChI=1S/C26H27ClN6O2/c1-18-24-19(2)33(21-8-4-3-5-9-21)29-25(24)26(35)32(28-18)12-11-23(34)31-15-13-30(14-16-31)22-10-6-7-20(27)17-22/h3-10,17H,11-16H2,1-2H3. The fourth-order valence-corrected chi connectivity index (χ4v) is 4.89. The SMILES string of the molecule is Cc1nn(CCC(=O)N2CCN(c3cccc(Cl)c3)CC2)c(=O)c2nn(-c3ccccc3)c(C)c12. The third-order valence-electron chi connectivity index (χ3n) is 6.53. The van der Waals surface area contributed by atoms with Crippen LogP contribution in [0.1, 0.15) is 17.8 Å². The molecule has 0 radical (unpaired) electrons. The molecule has 4 aromatic rings. The van der Waals surface area contributed by atoms with E-state index in [4.69, 9.17) is 11.6 Å². The zero-order valence-corrected chi connectivity index (χ0v) is 20.6. The summed E-state index contributed by atoms with van der Waals surface area (Å²) in [6.45, 7) is 6.78. The van der Waals surface area contributed by atoms with Crippen molar-refractivity contribution in [2.45, 2.75) is 26.8 Å². The average Bonchev–Trinajstić information content (AvgIpc) is 3.23. The highest BCUT2D eigenvalue weighted by Gasteiger charge is 2.22. The Bertz CT molecular complexity index is 1440. The minimum atomic E-state index is -0.276. The molecule has 0 spiro atoms. The molecular formula is C26H27ClN6O2. The number of rotatable bonds is 5. The lowest BCUT2D eigenvalue weighted by Crippen LogP contribution is -2.49. The van der Waals surface area contributed by atoms with Crippen LogP contribution in [0.5, 0.6) is 0 Å². The molecule has 5 rings (SSSR count). The van der Waals surface area contributed by atoms with Crippen LogP contribution in [-0.4, -0.2) is 56.5 Å². The van der Waals surface area contributed by atoms with Crippen LogP contribution in [-0.2, 0) is 11.3 Å². The zero-order chi connectivity index (χ0) is 24.5. The van der Waals surface area contributed by atoms with Crippen LogP contribution >= 0.6 is 11.6 Å². The predicted octanol–water partition coefficient (Wildman–Crippen LogP) is 3.59. The van der Waals surface area contributed by atoms with Crippen LogP contribution in [0, 0.1) is 13.8 Å². The first-order chi connectivity index (χ1) is 16.9. The lowest BCUT2D eigenvalue weighted by Gasteiger charge is -2.36. The van der Waals surface area contributed by atoms with Gasteiger partial charge in [0.25, 0.3) is 5.56 Å². The van der Waals surface area contributed by atoms with Gasteiger partial charge >= 0.3 is 0 Å². The molecule has 0 bridgehead atoms. The van der Waals surface area contributed by atoms with Crippen LogP contribution in [0.25, 0.3) is 16.6 Å². The molecule has 2 aromatic heterocycles. The van der Waals surface area contributed by atoms with Gasteiger partial charge in [-0.1, -0.05) is 35.9 Å². The molecule has 1 aliphatic rings. The van der Waals surface area contributed by atoms with Crippen LogP contribution in [0.15, 0.2) is 59.4 Å². The molecule has 0 N–H and O–H groups in total. The number of benzene rings is 2. The van der Waals surface area contributed by atoms with Crippen LogP contribution in [0.2, 0.25) is 5.02 Å². The van der Waals surface area contributed by atoms with Gasteiger partial charge in [-0.05, 0) is 44.2 Å². The van der Waals surface area contributed by atoms with Gasteiger partial charge < -0.3 is 9.80 Å². The Morgan fingerprint density at radius 3 is 2.37 bits per heavy atom. The van der Waals surface area contributed by atoms with E-state index in [0.29, 0.717) is 23.6 Å². The van der Waals surface area contributed by atoms with Crippen LogP contribution in [0.4, 0.5) is 5.69 Å². The highest BCUT2D eigenvalue weighted by atomic mass is 35.5. The number of anilines is 1. The summed E-state index contributed by atoms with van der Waals surface area (Å²) in [4.78, 5) is 30.2. The molecule has 0 atom stereocenters. The fourth-order valence-electron chi connectivity index (χ4n) is 4.70. The molecule has 9 heteroatoms. The van der Waals surface area contributed by atoms with E-state index >= 15 is 0 Å². The molecule has 2 aromatic carbocycles. The van der Waals surface area contributed by atoms with Gasteiger partial charge in [0.05, 0.1) is 29.0 Å². The molecular weight excluding hydrogens is 464 g/mol. The highest BCUT2D eigenvalue weighted by molar-refractivity contribution is 6.30. The van der Waals surface area contributed by atoms with Gasteiger partial charge in [-0.3, -0.25) is 9.59 Å². The Hall–Kier alpha value is -3.65. The summed E-state index contributed by atoms with van der Waals surface area (Å²) < 4.78 is 3.15. The van der Waals surface area contributed by atoms with Crippen molar-refractivity contribution in [3.8, 4) is 5.69 Å². The predicted molar refractivity (Wildman–Crippen MR) is 137 cm³/mol. The summed E-state index contributed by atoms with van der Waals surface area (Å²) in [5.74, 6) is 0.0215. The topological polar surface area (TPSA) is 76.3 Å². The number of amides is 1. The number of carbonyl (C=O) groups excluding carboxylic acids is 1. The number of para-hydroxylation sites is 1. The van der Waals surface area contributed by atoms with E-state index < -0.39 is 0 Å². The quantitative estimate of drug-likeness (QED) is 0.427. The normalized spacial score (nSPS) is 14.0. The molecule has 180 valence electrons. The van der Waals surface area contributed by atoms with Crippen molar-refractivity contribution in [1.29, 1.82) is 0 Å². The number of hydrogen-bond acceptors (Lipinski definition) is 5. The van der Waals surface area contributed by atoms with Crippen molar-refractivity contribution in [3.63, 3.8) is 0 Å². The second-order valence-electron chi connectivity index (χ2n) is 8.77. The Balaban J connectivity index is 1.28. The van der Waals surface area contributed by atoms with Crippen LogP contribution in [0.3, 0.4) is 0 Å². The van der Waals surface area contributed by atoms with E-state index in [1.165, 1.54) is 4.68 Å². The summed E-state index contributed by atoms with van der Waals surface area (Å²) in [6.07, 6.45) is 0.216. The summed E-state index contributed by atoms with van der Waals surface area (Å²) in [5, 5.41) is 10.6. The monoisotopic (exact) mass is 490 g/mol. The highest BCUT2D eigenvalue weighted by Crippen LogP contribution is 2.22. The number of carbonyl (C=O) groups is 1. The molecule has 1 fully saturated rings. The van der Waals surface area contributed by atoms with Crippen LogP contribution < -0.4 is 10.5 Å². The number of nitrogens with zero attached hydrogens (tertiary/aromatic N) is 6. The number of aromatic nitrogens is 4. The van der Waals surface area contributed by atoms with Crippen molar-refractivity contribution >= 4 is 34.1 Å². The molecule has 1 saturated heterocycles. The Labute approximate surface area is 208 Å². The number of hydrogen-bond donors (Lipinski definition) is 0. The molecule has 0 unspecified atom stereocenters. The van der Waals surface area contributed by atoms with Crippen molar-refractivity contribution < 1.29 is 4.79 Å². The minimum Gasteiger partial charge on any atom is -0.368 e. The van der Waals surface area contributed by atoms with Gasteiger partial charge in [0.1, 0.15) is 0 Å². The lowest BCUT2D eigenvalue weighted by molar-refractivity contribution is -0.131. The molecule has 1 amide bonds. The second-order valence-corrected chi connectivity index (χ2v) is 9.20. The average molecular weight is 491 g/mol. The van der Waals surface area contributed by atoms with Crippen molar-refractivity contribution in [3.05, 3.63) is 81.4 Å². The van der Waals surface area contributed by atoms with E-state index in [2.05, 4.69) is 15.1 Å². The maximum atomic E-state index is 13.2.